The van der Waals surface area contributed by atoms with Gasteiger partial charge in [0, 0.05) is 18.7 Å². The Morgan fingerprint density at radius 3 is 2.86 bits per heavy atom. The molecule has 42 heavy (non-hydrogen) atoms. The van der Waals surface area contributed by atoms with E-state index in [4.69, 9.17) is 14.7 Å². The fourth-order valence-corrected chi connectivity index (χ4v) is 9.42. The number of aliphatic imine (C=N–C) groups is 2. The van der Waals surface area contributed by atoms with Crippen LogP contribution in [0, 0.1) is 11.8 Å². The molecule has 0 N–H and O–H groups in total. The number of carbonyl (C=O) groups excluding carboxylic acids is 1. The van der Waals surface area contributed by atoms with Gasteiger partial charge in [-0.05, 0) is 105 Å². The van der Waals surface area contributed by atoms with Crippen molar-refractivity contribution in [3.05, 3.63) is 65.5 Å². The lowest BCUT2D eigenvalue weighted by molar-refractivity contribution is -0.129. The minimum absolute atomic E-state index is 0.0161. The van der Waals surface area contributed by atoms with Gasteiger partial charge in [-0.1, -0.05) is 24.8 Å². The summed E-state index contributed by atoms with van der Waals surface area (Å²) < 4.78 is 22.6. The number of rotatable bonds is 4. The zero-order valence-corrected chi connectivity index (χ0v) is 24.1. The SMILES string of the molecule is C=CC(=O)N1CC[C@@H]2[C@H]1CN2C1=NC(OCC23CCCN2CCC3)=NC2C=C(c3cccc4c3C3CC3C4)C(F)=CC12. The van der Waals surface area contributed by atoms with Gasteiger partial charge in [0.25, 0.3) is 0 Å². The molecule has 5 fully saturated rings. The first-order valence-corrected chi connectivity index (χ1v) is 16.0. The molecule has 8 aliphatic rings. The quantitative estimate of drug-likeness (QED) is 0.504. The van der Waals surface area contributed by atoms with Crippen molar-refractivity contribution in [1.29, 1.82) is 0 Å². The topological polar surface area (TPSA) is 60.7 Å². The van der Waals surface area contributed by atoms with Crippen LogP contribution in [-0.2, 0) is 16.0 Å². The number of carbonyl (C=O) groups is 1. The van der Waals surface area contributed by atoms with Gasteiger partial charge in [0.15, 0.2) is 0 Å². The maximum Gasteiger partial charge on any atom is 0.314 e. The third-order valence-electron chi connectivity index (χ3n) is 11.6. The number of benzene rings is 1. The average Bonchev–Trinajstić information content (AvgIpc) is 3.28. The number of amidine groups is 2. The number of ether oxygens (including phenoxy) is 1. The molecule has 8 heteroatoms. The van der Waals surface area contributed by atoms with E-state index in [9.17, 15) is 4.79 Å². The van der Waals surface area contributed by atoms with Crippen LogP contribution < -0.4 is 0 Å². The largest absolute Gasteiger partial charge is 0.462 e. The van der Waals surface area contributed by atoms with Crippen molar-refractivity contribution in [2.45, 2.75) is 74.5 Å². The van der Waals surface area contributed by atoms with Crippen molar-refractivity contribution in [3.8, 4) is 0 Å². The van der Waals surface area contributed by atoms with Gasteiger partial charge >= 0.3 is 6.02 Å². The fourth-order valence-electron chi connectivity index (χ4n) is 9.42. The molecule has 4 saturated heterocycles. The molecule has 0 radical (unpaired) electrons. The normalized spacial score (nSPS) is 35.1. The highest BCUT2D eigenvalue weighted by atomic mass is 19.1. The Morgan fingerprint density at radius 1 is 1.17 bits per heavy atom. The van der Waals surface area contributed by atoms with Crippen LogP contribution >= 0.6 is 0 Å². The van der Waals surface area contributed by atoms with Crippen LogP contribution in [0.3, 0.4) is 0 Å². The number of halogens is 1. The van der Waals surface area contributed by atoms with E-state index in [0.29, 0.717) is 37.2 Å². The predicted octanol–water partition coefficient (Wildman–Crippen LogP) is 4.47. The van der Waals surface area contributed by atoms with E-state index in [2.05, 4.69) is 34.6 Å². The molecule has 5 aliphatic heterocycles. The highest BCUT2D eigenvalue weighted by Crippen LogP contribution is 2.58. The average molecular weight is 568 g/mol. The Bertz CT molecular complexity index is 1500. The van der Waals surface area contributed by atoms with Crippen molar-refractivity contribution >= 4 is 23.3 Å². The Hall–Kier alpha value is -3.26. The van der Waals surface area contributed by atoms with Crippen LogP contribution in [0.1, 0.15) is 61.1 Å². The molecule has 0 bridgehead atoms. The van der Waals surface area contributed by atoms with Gasteiger partial charge in [-0.3, -0.25) is 9.69 Å². The molecule has 1 amide bonds. The molecule has 1 aromatic carbocycles. The highest BCUT2D eigenvalue weighted by molar-refractivity contribution is 6.01. The summed E-state index contributed by atoms with van der Waals surface area (Å²) in [5.41, 5.74) is 4.54. The number of fused-ring (bicyclic) bond motifs is 6. The summed E-state index contributed by atoms with van der Waals surface area (Å²) in [6.45, 7) is 7.98. The summed E-state index contributed by atoms with van der Waals surface area (Å²) in [6.07, 6.45) is 13.2. The molecule has 0 aromatic heterocycles. The minimum Gasteiger partial charge on any atom is -0.462 e. The lowest BCUT2D eigenvalue weighted by Gasteiger charge is -2.50. The monoisotopic (exact) mass is 567 g/mol. The van der Waals surface area contributed by atoms with Gasteiger partial charge in [0.1, 0.15) is 18.3 Å². The van der Waals surface area contributed by atoms with Crippen molar-refractivity contribution < 1.29 is 13.9 Å². The van der Waals surface area contributed by atoms with Crippen LogP contribution in [0.15, 0.2) is 58.8 Å². The van der Waals surface area contributed by atoms with Gasteiger partial charge in [-0.15, -0.1) is 0 Å². The smallest absolute Gasteiger partial charge is 0.314 e. The molecule has 1 saturated carbocycles. The van der Waals surface area contributed by atoms with E-state index < -0.39 is 0 Å². The Balaban J connectivity index is 1.05. The van der Waals surface area contributed by atoms with Crippen molar-refractivity contribution in [2.75, 3.05) is 32.8 Å². The van der Waals surface area contributed by atoms with Crippen molar-refractivity contribution in [3.63, 3.8) is 0 Å². The standard InChI is InChI=1S/C34H38FN5O2/c1-2-30(41)39-13-8-28-29(39)18-40(28)32-25-16-26(35)24(22-7-3-6-20-14-21-15-23(21)31(20)22)17-27(25)36-33(37-32)42-19-34-9-4-11-38(34)12-5-10-34/h2-3,6-7,16-17,21,23,25,27-29H,1,4-5,8-15,18-19H2/t21?,23?,25?,27?,28-,29-/m1/s1. The highest BCUT2D eigenvalue weighted by Gasteiger charge is 2.53. The summed E-state index contributed by atoms with van der Waals surface area (Å²) in [5.74, 6) is 1.66. The van der Waals surface area contributed by atoms with Gasteiger partial charge in [0.2, 0.25) is 5.91 Å². The van der Waals surface area contributed by atoms with E-state index in [1.54, 1.807) is 6.08 Å². The van der Waals surface area contributed by atoms with Crippen molar-refractivity contribution in [1.82, 2.24) is 14.7 Å². The van der Waals surface area contributed by atoms with Crippen molar-refractivity contribution in [2.24, 2.45) is 21.8 Å². The van der Waals surface area contributed by atoms with E-state index in [1.807, 2.05) is 11.0 Å². The summed E-state index contributed by atoms with van der Waals surface area (Å²) >= 11 is 0. The zero-order chi connectivity index (χ0) is 28.2. The van der Waals surface area contributed by atoms with Gasteiger partial charge in [0.05, 0.1) is 29.6 Å². The second-order valence-corrected chi connectivity index (χ2v) is 13.7. The molecule has 7 nitrogen and oxygen atoms in total. The summed E-state index contributed by atoms with van der Waals surface area (Å²) in [7, 11) is 0. The number of nitrogens with zero attached hydrogens (tertiary/aromatic N) is 5. The first-order chi connectivity index (χ1) is 20.5. The Labute approximate surface area is 246 Å². The first kappa shape index (κ1) is 25.3. The predicted molar refractivity (Wildman–Crippen MR) is 160 cm³/mol. The second-order valence-electron chi connectivity index (χ2n) is 13.7. The van der Waals surface area contributed by atoms with Gasteiger partial charge < -0.3 is 14.5 Å². The van der Waals surface area contributed by atoms with Crippen LogP contribution in [0.5, 0.6) is 0 Å². The summed E-state index contributed by atoms with van der Waals surface area (Å²) in [4.78, 5) is 29.3. The molecule has 1 aromatic rings. The molecular formula is C34H38FN5O2. The molecule has 0 spiro atoms. The lowest BCUT2D eigenvalue weighted by Crippen LogP contribution is -2.66. The number of allylic oxidation sites excluding steroid dienone is 2. The molecule has 5 heterocycles. The fraction of sp³-hybridized carbons (Fsp3) is 0.559. The molecule has 218 valence electrons. The summed E-state index contributed by atoms with van der Waals surface area (Å²) in [5, 5.41) is 0. The summed E-state index contributed by atoms with van der Waals surface area (Å²) in [6, 6.07) is 6.85. The second kappa shape index (κ2) is 9.12. The van der Waals surface area contributed by atoms with E-state index in [-0.39, 0.29) is 41.3 Å². The zero-order valence-electron chi connectivity index (χ0n) is 24.1. The van der Waals surface area contributed by atoms with Gasteiger partial charge in [-0.25, -0.2) is 9.38 Å². The van der Waals surface area contributed by atoms with E-state index in [1.165, 1.54) is 36.5 Å². The molecular weight excluding hydrogens is 529 g/mol. The third-order valence-corrected chi connectivity index (χ3v) is 11.6. The van der Waals surface area contributed by atoms with Crippen LogP contribution in [0.2, 0.25) is 0 Å². The minimum atomic E-state index is -0.288. The van der Waals surface area contributed by atoms with Crippen LogP contribution in [0.25, 0.3) is 5.57 Å². The lowest BCUT2D eigenvalue weighted by atomic mass is 9.83. The number of amides is 1. The van der Waals surface area contributed by atoms with E-state index >= 15 is 4.39 Å². The maximum absolute atomic E-state index is 16.1. The van der Waals surface area contributed by atoms with E-state index in [0.717, 1.165) is 56.1 Å². The van der Waals surface area contributed by atoms with Crippen LogP contribution in [0.4, 0.5) is 4.39 Å². The number of likely N-dealkylation sites (tertiary alicyclic amines) is 2. The molecule has 6 atom stereocenters. The Morgan fingerprint density at radius 2 is 2.02 bits per heavy atom. The molecule has 3 aliphatic carbocycles. The van der Waals surface area contributed by atoms with Gasteiger partial charge in [-0.2, -0.15) is 4.99 Å². The van der Waals surface area contributed by atoms with Crippen LogP contribution in [-0.4, -0.2) is 88.9 Å². The molecule has 9 rings (SSSR count). The number of hydrogen-bond donors (Lipinski definition) is 0. The third kappa shape index (κ3) is 3.63. The maximum atomic E-state index is 16.1. The molecule has 4 unspecified atom stereocenters. The number of hydrogen-bond acceptors (Lipinski definition) is 6. The first-order valence-electron chi connectivity index (χ1n) is 16.0. The Kier molecular flexibility index (Phi) is 5.48.